The molecule has 1 N–H and O–H groups in total. The van der Waals surface area contributed by atoms with Crippen LogP contribution in [0, 0.1) is 0 Å². The molecule has 0 radical (unpaired) electrons. The van der Waals surface area contributed by atoms with E-state index in [1.54, 1.807) is 16.9 Å². The smallest absolute Gasteiger partial charge is 0.325 e. The van der Waals surface area contributed by atoms with Crippen molar-refractivity contribution in [3.05, 3.63) is 24.3 Å². The molecular weight excluding hydrogens is 310 g/mol. The van der Waals surface area contributed by atoms with Crippen LogP contribution in [0.25, 0.3) is 0 Å². The minimum atomic E-state index is -0.147. The Bertz CT molecular complexity index is 547. The summed E-state index contributed by atoms with van der Waals surface area (Å²) in [5.41, 5.74) is 0.812. The highest BCUT2D eigenvalue weighted by molar-refractivity contribution is 5.96. The normalized spacial score (nSPS) is 14.2. The van der Waals surface area contributed by atoms with Gasteiger partial charge in [-0.25, -0.2) is 4.79 Å². The molecule has 0 spiro atoms. The third-order valence-electron chi connectivity index (χ3n) is 3.74. The van der Waals surface area contributed by atoms with Gasteiger partial charge in [-0.2, -0.15) is 0 Å². The number of anilines is 1. The van der Waals surface area contributed by atoms with Gasteiger partial charge < -0.3 is 19.7 Å². The number of carbonyl (C=O) groups is 2. The van der Waals surface area contributed by atoms with E-state index in [1.807, 2.05) is 31.2 Å². The first-order chi connectivity index (χ1) is 11.7. The Labute approximate surface area is 142 Å². The van der Waals surface area contributed by atoms with E-state index in [2.05, 4.69) is 5.32 Å². The maximum absolute atomic E-state index is 12.4. The van der Waals surface area contributed by atoms with Gasteiger partial charge in [-0.1, -0.05) is 0 Å². The highest BCUT2D eigenvalue weighted by atomic mass is 16.5. The number of hydrogen-bond acceptors (Lipinski definition) is 4. The standard InChI is InChI=1S/C17H25N3O4/c1-3-24-15-7-5-14(6-8-15)20-11-10-19(17(20)22)13-16(21)18-9-4-12-23-2/h5-8H,3-4,9-13H2,1-2H3,(H,18,21). The van der Waals surface area contributed by atoms with Gasteiger partial charge in [0.15, 0.2) is 0 Å². The van der Waals surface area contributed by atoms with Crippen molar-refractivity contribution in [3.8, 4) is 5.75 Å². The van der Waals surface area contributed by atoms with Gasteiger partial charge in [0, 0.05) is 39.0 Å². The van der Waals surface area contributed by atoms with Gasteiger partial charge in [-0.3, -0.25) is 9.69 Å². The Balaban J connectivity index is 1.84. The molecule has 24 heavy (non-hydrogen) atoms. The molecule has 1 aliphatic rings. The second kappa shape index (κ2) is 9.12. The van der Waals surface area contributed by atoms with Crippen molar-refractivity contribution in [1.29, 1.82) is 0 Å². The van der Waals surface area contributed by atoms with Crippen LogP contribution in [0.2, 0.25) is 0 Å². The van der Waals surface area contributed by atoms with Crippen LogP contribution in [0.15, 0.2) is 24.3 Å². The molecular formula is C17H25N3O4. The van der Waals surface area contributed by atoms with Crippen molar-refractivity contribution in [2.24, 2.45) is 0 Å². The number of hydrogen-bond donors (Lipinski definition) is 1. The lowest BCUT2D eigenvalue weighted by Gasteiger charge is -2.18. The monoisotopic (exact) mass is 335 g/mol. The van der Waals surface area contributed by atoms with Crippen molar-refractivity contribution in [3.63, 3.8) is 0 Å². The summed E-state index contributed by atoms with van der Waals surface area (Å²) < 4.78 is 10.3. The molecule has 7 nitrogen and oxygen atoms in total. The predicted molar refractivity (Wildman–Crippen MR) is 91.4 cm³/mol. The fraction of sp³-hybridized carbons (Fsp3) is 0.529. The summed E-state index contributed by atoms with van der Waals surface area (Å²) in [6, 6.07) is 7.26. The first-order valence-corrected chi connectivity index (χ1v) is 8.20. The van der Waals surface area contributed by atoms with Gasteiger partial charge in [-0.05, 0) is 37.6 Å². The molecule has 0 atom stereocenters. The van der Waals surface area contributed by atoms with Crippen LogP contribution >= 0.6 is 0 Å². The van der Waals surface area contributed by atoms with Crippen molar-refractivity contribution in [1.82, 2.24) is 10.2 Å². The van der Waals surface area contributed by atoms with E-state index in [4.69, 9.17) is 9.47 Å². The third-order valence-corrected chi connectivity index (χ3v) is 3.74. The molecule has 1 aliphatic heterocycles. The minimum absolute atomic E-state index is 0.0827. The van der Waals surface area contributed by atoms with E-state index in [1.165, 1.54) is 0 Å². The largest absolute Gasteiger partial charge is 0.494 e. The van der Waals surface area contributed by atoms with Gasteiger partial charge in [-0.15, -0.1) is 0 Å². The van der Waals surface area contributed by atoms with Crippen LogP contribution < -0.4 is 15.0 Å². The van der Waals surface area contributed by atoms with Gasteiger partial charge >= 0.3 is 6.03 Å². The van der Waals surface area contributed by atoms with Gasteiger partial charge in [0.25, 0.3) is 0 Å². The van der Waals surface area contributed by atoms with Crippen molar-refractivity contribution in [2.75, 3.05) is 51.4 Å². The Kier molecular flexibility index (Phi) is 6.87. The molecule has 0 aliphatic carbocycles. The summed E-state index contributed by atoms with van der Waals surface area (Å²) in [7, 11) is 1.63. The van der Waals surface area contributed by atoms with E-state index < -0.39 is 0 Å². The summed E-state index contributed by atoms with van der Waals surface area (Å²) in [5, 5.41) is 2.79. The lowest BCUT2D eigenvalue weighted by Crippen LogP contribution is -2.40. The van der Waals surface area contributed by atoms with Gasteiger partial charge in [0.2, 0.25) is 5.91 Å². The van der Waals surface area contributed by atoms with Crippen molar-refractivity contribution < 1.29 is 19.1 Å². The zero-order chi connectivity index (χ0) is 17.4. The first-order valence-electron chi connectivity index (χ1n) is 8.20. The number of nitrogens with zero attached hydrogens (tertiary/aromatic N) is 2. The molecule has 0 unspecified atom stereocenters. The molecule has 3 amide bonds. The molecule has 1 heterocycles. The Hall–Kier alpha value is -2.28. The number of carbonyl (C=O) groups excluding carboxylic acids is 2. The molecule has 132 valence electrons. The number of rotatable bonds is 9. The SMILES string of the molecule is CCOc1ccc(N2CCN(CC(=O)NCCCOC)C2=O)cc1. The number of urea groups is 1. The molecule has 1 aromatic carbocycles. The van der Waals surface area contributed by atoms with Crippen LogP contribution in [0.5, 0.6) is 5.75 Å². The number of benzene rings is 1. The summed E-state index contributed by atoms with van der Waals surface area (Å²) in [6.45, 7) is 4.89. The van der Waals surface area contributed by atoms with Crippen molar-refractivity contribution >= 4 is 17.6 Å². The average Bonchev–Trinajstić information content (AvgIpc) is 2.93. The van der Waals surface area contributed by atoms with Gasteiger partial charge in [0.1, 0.15) is 12.3 Å². The fourth-order valence-electron chi connectivity index (χ4n) is 2.53. The maximum atomic E-state index is 12.4. The van der Waals surface area contributed by atoms with Crippen LogP contribution in [0.1, 0.15) is 13.3 Å². The van der Waals surface area contributed by atoms with E-state index >= 15 is 0 Å². The van der Waals surface area contributed by atoms with Crippen LogP contribution in [-0.2, 0) is 9.53 Å². The Morgan fingerprint density at radius 3 is 2.67 bits per heavy atom. The predicted octanol–water partition coefficient (Wildman–Crippen LogP) is 1.48. The molecule has 2 rings (SSSR count). The van der Waals surface area contributed by atoms with E-state index in [0.717, 1.165) is 17.9 Å². The Morgan fingerprint density at radius 1 is 1.25 bits per heavy atom. The summed E-state index contributed by atoms with van der Waals surface area (Å²) >= 11 is 0. The summed E-state index contributed by atoms with van der Waals surface area (Å²) in [6.07, 6.45) is 0.758. The summed E-state index contributed by atoms with van der Waals surface area (Å²) in [5.74, 6) is 0.633. The second-order valence-corrected chi connectivity index (χ2v) is 5.48. The molecule has 1 fully saturated rings. The molecule has 0 bridgehead atoms. The number of nitrogens with one attached hydrogen (secondary N) is 1. The average molecular weight is 335 g/mol. The maximum Gasteiger partial charge on any atom is 0.325 e. The number of amides is 3. The second-order valence-electron chi connectivity index (χ2n) is 5.48. The minimum Gasteiger partial charge on any atom is -0.494 e. The van der Waals surface area contributed by atoms with E-state index in [-0.39, 0.29) is 18.5 Å². The topological polar surface area (TPSA) is 71.1 Å². The Morgan fingerprint density at radius 2 is 2.00 bits per heavy atom. The third kappa shape index (κ3) is 4.86. The fourth-order valence-corrected chi connectivity index (χ4v) is 2.53. The van der Waals surface area contributed by atoms with E-state index in [9.17, 15) is 9.59 Å². The number of ether oxygens (including phenoxy) is 2. The lowest BCUT2D eigenvalue weighted by molar-refractivity contribution is -0.121. The quantitative estimate of drug-likeness (QED) is 0.694. The van der Waals surface area contributed by atoms with Crippen LogP contribution in [-0.4, -0.2) is 63.3 Å². The first kappa shape index (κ1) is 18.1. The molecule has 0 saturated carbocycles. The van der Waals surface area contributed by atoms with Crippen LogP contribution in [0.3, 0.4) is 0 Å². The molecule has 0 aromatic heterocycles. The lowest BCUT2D eigenvalue weighted by atomic mass is 10.3. The molecule has 1 aromatic rings. The number of methoxy groups -OCH3 is 1. The zero-order valence-electron chi connectivity index (χ0n) is 14.3. The zero-order valence-corrected chi connectivity index (χ0v) is 14.3. The van der Waals surface area contributed by atoms with Crippen molar-refractivity contribution in [2.45, 2.75) is 13.3 Å². The highest BCUT2D eigenvalue weighted by Gasteiger charge is 2.30. The summed E-state index contributed by atoms with van der Waals surface area (Å²) in [4.78, 5) is 27.6. The van der Waals surface area contributed by atoms with Gasteiger partial charge in [0.05, 0.1) is 6.61 Å². The highest BCUT2D eigenvalue weighted by Crippen LogP contribution is 2.23. The molecule has 7 heteroatoms. The van der Waals surface area contributed by atoms with E-state index in [0.29, 0.717) is 32.8 Å². The van der Waals surface area contributed by atoms with Crippen LogP contribution in [0.4, 0.5) is 10.5 Å². The molecule has 1 saturated heterocycles.